The van der Waals surface area contributed by atoms with E-state index in [-0.39, 0.29) is 11.9 Å². The monoisotopic (exact) mass is 308 g/mol. The Hall–Kier alpha value is -1.69. The van der Waals surface area contributed by atoms with E-state index in [9.17, 15) is 14.7 Å². The average molecular weight is 308 g/mol. The van der Waals surface area contributed by atoms with Gasteiger partial charge < -0.3 is 15.3 Å². The van der Waals surface area contributed by atoms with Gasteiger partial charge in [-0.2, -0.15) is 0 Å². The predicted molar refractivity (Wildman–Crippen MR) is 83.8 cm³/mol. The first kappa shape index (κ1) is 15.7. The molecule has 2 atom stereocenters. The van der Waals surface area contributed by atoms with Gasteiger partial charge in [0.25, 0.3) is 0 Å². The van der Waals surface area contributed by atoms with Crippen molar-refractivity contribution in [3.63, 3.8) is 0 Å². The van der Waals surface area contributed by atoms with Gasteiger partial charge in [-0.3, -0.25) is 0 Å². The van der Waals surface area contributed by atoms with Crippen LogP contribution in [0.4, 0.5) is 10.5 Å². The van der Waals surface area contributed by atoms with Crippen molar-refractivity contribution in [3.8, 4) is 0 Å². The molecule has 0 bridgehead atoms. The Balaban J connectivity index is 2.12. The lowest BCUT2D eigenvalue weighted by atomic mass is 9.91. The van der Waals surface area contributed by atoms with Crippen LogP contribution < -0.4 is 5.32 Å². The summed E-state index contributed by atoms with van der Waals surface area (Å²) in [5.74, 6) is -0.963. The molecule has 1 aromatic rings. The molecule has 2 amide bonds. The molecule has 0 aliphatic carbocycles. The normalized spacial score (nSPS) is 21.9. The summed E-state index contributed by atoms with van der Waals surface area (Å²) in [6.07, 6.45) is 3.64. The van der Waals surface area contributed by atoms with Gasteiger partial charge in [-0.05, 0) is 43.2 Å². The highest BCUT2D eigenvalue weighted by molar-refractivity contribution is 7.98. The zero-order chi connectivity index (χ0) is 15.4. The molecule has 6 heteroatoms. The van der Waals surface area contributed by atoms with Crippen molar-refractivity contribution >= 4 is 29.4 Å². The Kier molecular flexibility index (Phi) is 5.12. The average Bonchev–Trinajstić information content (AvgIpc) is 2.46. The molecule has 2 N–H and O–H groups in total. The van der Waals surface area contributed by atoms with E-state index in [1.54, 1.807) is 17.8 Å². The topological polar surface area (TPSA) is 69.6 Å². The number of piperidine rings is 1. The van der Waals surface area contributed by atoms with Gasteiger partial charge in [0.05, 0.1) is 0 Å². The number of aliphatic carboxylic acids is 1. The number of nitrogens with one attached hydrogen (secondary N) is 1. The number of rotatable bonds is 3. The second-order valence-electron chi connectivity index (χ2n) is 5.26. The largest absolute Gasteiger partial charge is 0.480 e. The molecule has 2 rings (SSSR count). The first-order valence-electron chi connectivity index (χ1n) is 6.97. The summed E-state index contributed by atoms with van der Waals surface area (Å²) in [6.45, 7) is 2.36. The van der Waals surface area contributed by atoms with E-state index in [2.05, 4.69) is 5.32 Å². The van der Waals surface area contributed by atoms with Crippen LogP contribution in [0.2, 0.25) is 0 Å². The van der Waals surface area contributed by atoms with E-state index in [1.165, 1.54) is 4.90 Å². The van der Waals surface area contributed by atoms with Crippen LogP contribution >= 0.6 is 11.8 Å². The highest BCUT2D eigenvalue weighted by Gasteiger charge is 2.37. The molecule has 0 radical (unpaired) electrons. The molecule has 1 fully saturated rings. The third-order valence-corrected chi connectivity index (χ3v) is 4.49. The van der Waals surface area contributed by atoms with Crippen LogP contribution in [0.25, 0.3) is 0 Å². The Morgan fingerprint density at radius 3 is 2.86 bits per heavy atom. The van der Waals surface area contributed by atoms with Crippen LogP contribution in [0.3, 0.4) is 0 Å². The maximum absolute atomic E-state index is 12.4. The summed E-state index contributed by atoms with van der Waals surface area (Å²) in [7, 11) is 0. The van der Waals surface area contributed by atoms with E-state index in [0.717, 1.165) is 17.7 Å². The molecule has 0 spiro atoms. The SMILES string of the molecule is CSc1cccc(NC(=O)N2CCCC(C)C2C(=O)O)c1. The molecule has 0 aromatic heterocycles. The lowest BCUT2D eigenvalue weighted by Gasteiger charge is -2.37. The van der Waals surface area contributed by atoms with E-state index in [0.29, 0.717) is 12.2 Å². The zero-order valence-corrected chi connectivity index (χ0v) is 13.0. The summed E-state index contributed by atoms with van der Waals surface area (Å²) >= 11 is 1.59. The van der Waals surface area contributed by atoms with Crippen molar-refractivity contribution < 1.29 is 14.7 Å². The lowest BCUT2D eigenvalue weighted by molar-refractivity contribution is -0.145. The Labute approximate surface area is 128 Å². The van der Waals surface area contributed by atoms with Gasteiger partial charge in [-0.15, -0.1) is 11.8 Å². The number of carboxylic acids is 1. The highest BCUT2D eigenvalue weighted by atomic mass is 32.2. The van der Waals surface area contributed by atoms with E-state index in [4.69, 9.17) is 0 Å². The molecule has 1 heterocycles. The fourth-order valence-corrected chi connectivity index (χ4v) is 3.15. The number of hydrogen-bond donors (Lipinski definition) is 2. The molecule has 114 valence electrons. The maximum atomic E-state index is 12.4. The minimum atomic E-state index is -0.935. The number of benzene rings is 1. The molecule has 1 aliphatic heterocycles. The number of thioether (sulfide) groups is 1. The molecular formula is C15H20N2O3S. The molecule has 1 aliphatic rings. The van der Waals surface area contributed by atoms with Gasteiger partial charge in [0.15, 0.2) is 0 Å². The number of hydrogen-bond acceptors (Lipinski definition) is 3. The number of anilines is 1. The molecule has 0 saturated carbocycles. The van der Waals surface area contributed by atoms with Gasteiger partial charge in [0.2, 0.25) is 0 Å². The fraction of sp³-hybridized carbons (Fsp3) is 0.467. The van der Waals surface area contributed by atoms with Crippen LogP contribution in [0.1, 0.15) is 19.8 Å². The van der Waals surface area contributed by atoms with Crippen molar-refractivity contribution in [2.75, 3.05) is 18.1 Å². The Morgan fingerprint density at radius 2 is 2.19 bits per heavy atom. The van der Waals surface area contributed by atoms with E-state index >= 15 is 0 Å². The number of amides is 2. The van der Waals surface area contributed by atoms with Crippen LogP contribution in [0.5, 0.6) is 0 Å². The third-order valence-electron chi connectivity index (χ3n) is 3.77. The number of likely N-dealkylation sites (tertiary alicyclic amines) is 1. The van der Waals surface area contributed by atoms with Crippen LogP contribution in [-0.4, -0.2) is 40.8 Å². The van der Waals surface area contributed by atoms with Gasteiger partial charge in [0.1, 0.15) is 6.04 Å². The van der Waals surface area contributed by atoms with Crippen molar-refractivity contribution in [1.29, 1.82) is 0 Å². The number of nitrogens with zero attached hydrogens (tertiary/aromatic N) is 1. The fourth-order valence-electron chi connectivity index (χ4n) is 2.69. The summed E-state index contributed by atoms with van der Waals surface area (Å²) in [5, 5.41) is 12.2. The summed E-state index contributed by atoms with van der Waals surface area (Å²) in [6, 6.07) is 6.43. The van der Waals surface area contributed by atoms with Crippen LogP contribution in [0, 0.1) is 5.92 Å². The third kappa shape index (κ3) is 3.69. The number of carbonyl (C=O) groups is 2. The standard InChI is InChI=1S/C15H20N2O3S/c1-10-5-4-8-17(13(10)14(18)19)15(20)16-11-6-3-7-12(9-11)21-2/h3,6-7,9-10,13H,4-5,8H2,1-2H3,(H,16,20)(H,18,19). The number of carboxylic acid groups (broad SMARTS) is 1. The smallest absolute Gasteiger partial charge is 0.326 e. The molecule has 5 nitrogen and oxygen atoms in total. The van der Waals surface area contributed by atoms with Crippen molar-refractivity contribution in [2.24, 2.45) is 5.92 Å². The summed E-state index contributed by atoms with van der Waals surface area (Å²) < 4.78 is 0. The molecular weight excluding hydrogens is 288 g/mol. The van der Waals surface area contributed by atoms with Crippen molar-refractivity contribution in [1.82, 2.24) is 4.90 Å². The van der Waals surface area contributed by atoms with Crippen molar-refractivity contribution in [2.45, 2.75) is 30.7 Å². The summed E-state index contributed by atoms with van der Waals surface area (Å²) in [4.78, 5) is 26.3. The van der Waals surface area contributed by atoms with Gasteiger partial charge in [-0.25, -0.2) is 9.59 Å². The molecule has 2 unspecified atom stereocenters. The molecule has 1 aromatic carbocycles. The van der Waals surface area contributed by atoms with E-state index < -0.39 is 12.0 Å². The Morgan fingerprint density at radius 1 is 1.43 bits per heavy atom. The molecule has 1 saturated heterocycles. The first-order chi connectivity index (χ1) is 10.0. The molecule has 21 heavy (non-hydrogen) atoms. The second-order valence-corrected chi connectivity index (χ2v) is 6.14. The second kappa shape index (κ2) is 6.85. The van der Waals surface area contributed by atoms with Crippen LogP contribution in [-0.2, 0) is 4.79 Å². The van der Waals surface area contributed by atoms with Gasteiger partial charge in [-0.1, -0.05) is 13.0 Å². The lowest BCUT2D eigenvalue weighted by Crippen LogP contribution is -2.53. The first-order valence-corrected chi connectivity index (χ1v) is 8.20. The quantitative estimate of drug-likeness (QED) is 0.842. The van der Waals surface area contributed by atoms with Gasteiger partial charge in [0, 0.05) is 17.1 Å². The Bertz CT molecular complexity index is 535. The highest BCUT2D eigenvalue weighted by Crippen LogP contribution is 2.25. The predicted octanol–water partition coefficient (Wildman–Crippen LogP) is 3.13. The van der Waals surface area contributed by atoms with Crippen LogP contribution in [0.15, 0.2) is 29.2 Å². The minimum Gasteiger partial charge on any atom is -0.480 e. The van der Waals surface area contributed by atoms with Gasteiger partial charge >= 0.3 is 12.0 Å². The maximum Gasteiger partial charge on any atom is 0.326 e. The minimum absolute atomic E-state index is 0.0282. The number of carbonyl (C=O) groups excluding carboxylic acids is 1. The summed E-state index contributed by atoms with van der Waals surface area (Å²) in [5.41, 5.74) is 0.689. The number of urea groups is 1. The zero-order valence-electron chi connectivity index (χ0n) is 12.2. The van der Waals surface area contributed by atoms with E-state index in [1.807, 2.05) is 31.4 Å². The van der Waals surface area contributed by atoms with Crippen molar-refractivity contribution in [3.05, 3.63) is 24.3 Å².